The molecule has 2 saturated carbocycles. The molecule has 1 aromatic rings. The van der Waals surface area contributed by atoms with Gasteiger partial charge in [-0.3, -0.25) is 0 Å². The van der Waals surface area contributed by atoms with Gasteiger partial charge in [-0.25, -0.2) is 0 Å². The van der Waals surface area contributed by atoms with Crippen molar-refractivity contribution in [2.75, 3.05) is 17.7 Å². The minimum atomic E-state index is 0.572. The minimum Gasteiger partial charge on any atom is -0.476 e. The molecule has 2 unspecified atom stereocenters. The molecule has 3 rings (SSSR count). The van der Waals surface area contributed by atoms with Crippen molar-refractivity contribution in [2.24, 2.45) is 11.8 Å². The molecule has 2 fully saturated rings. The molecule has 0 bridgehead atoms. The Morgan fingerprint density at radius 2 is 2.24 bits per heavy atom. The van der Waals surface area contributed by atoms with E-state index in [2.05, 4.69) is 17.2 Å². The van der Waals surface area contributed by atoms with Crippen LogP contribution in [0.25, 0.3) is 0 Å². The van der Waals surface area contributed by atoms with E-state index in [0.717, 1.165) is 24.3 Å². The molecule has 2 aliphatic rings. The molecule has 0 saturated heterocycles. The van der Waals surface area contributed by atoms with E-state index < -0.39 is 0 Å². The SMILES string of the molecule is CC1CC1Nc1ccc(N)c(OCC2CC2)n1. The highest BCUT2D eigenvalue weighted by Crippen LogP contribution is 2.34. The number of pyridine rings is 1. The summed E-state index contributed by atoms with van der Waals surface area (Å²) in [5.41, 5.74) is 6.48. The average molecular weight is 233 g/mol. The molecule has 0 amide bonds. The van der Waals surface area contributed by atoms with Crippen LogP contribution < -0.4 is 15.8 Å². The van der Waals surface area contributed by atoms with Crippen molar-refractivity contribution in [1.82, 2.24) is 4.98 Å². The summed E-state index contributed by atoms with van der Waals surface area (Å²) in [6.07, 6.45) is 3.78. The largest absolute Gasteiger partial charge is 0.476 e. The normalized spacial score (nSPS) is 26.6. The molecular formula is C13H19N3O. The number of ether oxygens (including phenoxy) is 1. The van der Waals surface area contributed by atoms with Gasteiger partial charge in [-0.05, 0) is 43.2 Å². The number of hydrogen-bond donors (Lipinski definition) is 2. The fraction of sp³-hybridized carbons (Fsp3) is 0.615. The van der Waals surface area contributed by atoms with Gasteiger partial charge in [0.25, 0.3) is 0 Å². The number of nitrogens with zero attached hydrogens (tertiary/aromatic N) is 1. The third-order valence-electron chi connectivity index (χ3n) is 3.49. The maximum absolute atomic E-state index is 5.85. The summed E-state index contributed by atoms with van der Waals surface area (Å²) >= 11 is 0. The van der Waals surface area contributed by atoms with Gasteiger partial charge in [0.05, 0.1) is 12.3 Å². The molecule has 0 aromatic carbocycles. The Morgan fingerprint density at radius 3 is 2.88 bits per heavy atom. The van der Waals surface area contributed by atoms with Gasteiger partial charge in [0, 0.05) is 6.04 Å². The van der Waals surface area contributed by atoms with Gasteiger partial charge >= 0.3 is 0 Å². The Morgan fingerprint density at radius 1 is 1.47 bits per heavy atom. The highest BCUT2D eigenvalue weighted by molar-refractivity contribution is 5.54. The van der Waals surface area contributed by atoms with Gasteiger partial charge < -0.3 is 15.8 Å². The second-order valence-corrected chi connectivity index (χ2v) is 5.31. The lowest BCUT2D eigenvalue weighted by Crippen LogP contribution is -2.08. The summed E-state index contributed by atoms with van der Waals surface area (Å²) in [5, 5.41) is 3.39. The van der Waals surface area contributed by atoms with Crippen molar-refractivity contribution in [1.29, 1.82) is 0 Å². The van der Waals surface area contributed by atoms with E-state index >= 15 is 0 Å². The highest BCUT2D eigenvalue weighted by atomic mass is 16.5. The number of anilines is 2. The first kappa shape index (κ1) is 10.7. The second-order valence-electron chi connectivity index (χ2n) is 5.31. The summed E-state index contributed by atoms with van der Waals surface area (Å²) in [6, 6.07) is 4.36. The van der Waals surface area contributed by atoms with Gasteiger partial charge in [-0.15, -0.1) is 0 Å². The van der Waals surface area contributed by atoms with E-state index in [4.69, 9.17) is 10.5 Å². The second kappa shape index (κ2) is 4.09. The van der Waals surface area contributed by atoms with E-state index in [0.29, 0.717) is 17.6 Å². The Hall–Kier alpha value is -1.45. The van der Waals surface area contributed by atoms with Crippen LogP contribution in [0.5, 0.6) is 5.88 Å². The van der Waals surface area contributed by atoms with Crippen molar-refractivity contribution in [2.45, 2.75) is 32.2 Å². The third kappa shape index (κ3) is 2.62. The average Bonchev–Trinajstić information content (AvgIpc) is 3.19. The van der Waals surface area contributed by atoms with Crippen LogP contribution in [0.3, 0.4) is 0 Å². The van der Waals surface area contributed by atoms with Gasteiger partial charge in [-0.1, -0.05) is 6.92 Å². The maximum Gasteiger partial charge on any atom is 0.239 e. The number of nitrogens with one attached hydrogen (secondary N) is 1. The molecule has 4 heteroatoms. The Balaban J connectivity index is 1.65. The lowest BCUT2D eigenvalue weighted by molar-refractivity contribution is 0.290. The number of hydrogen-bond acceptors (Lipinski definition) is 4. The van der Waals surface area contributed by atoms with Crippen LogP contribution in [0.2, 0.25) is 0 Å². The van der Waals surface area contributed by atoms with Crippen molar-refractivity contribution in [3.63, 3.8) is 0 Å². The number of aromatic nitrogens is 1. The molecule has 2 aliphatic carbocycles. The zero-order valence-electron chi connectivity index (χ0n) is 10.1. The van der Waals surface area contributed by atoms with E-state index in [1.54, 1.807) is 0 Å². The predicted octanol–water partition coefficient (Wildman–Crippen LogP) is 2.27. The van der Waals surface area contributed by atoms with E-state index in [1.165, 1.54) is 19.3 Å². The standard InChI is InChI=1S/C13H19N3O/c1-8-6-11(8)15-12-5-4-10(14)13(16-12)17-7-9-2-3-9/h4-5,8-9,11H,2-3,6-7,14H2,1H3,(H,15,16). The van der Waals surface area contributed by atoms with Crippen LogP contribution in [0.1, 0.15) is 26.2 Å². The van der Waals surface area contributed by atoms with Crippen LogP contribution in [0.15, 0.2) is 12.1 Å². The molecule has 17 heavy (non-hydrogen) atoms. The fourth-order valence-corrected chi connectivity index (χ4v) is 1.84. The first-order valence-corrected chi connectivity index (χ1v) is 6.38. The molecule has 1 heterocycles. The molecule has 4 nitrogen and oxygen atoms in total. The first-order chi connectivity index (χ1) is 8.22. The Kier molecular flexibility index (Phi) is 2.57. The van der Waals surface area contributed by atoms with Gasteiger partial charge in [0.2, 0.25) is 5.88 Å². The van der Waals surface area contributed by atoms with Crippen molar-refractivity contribution in [3.8, 4) is 5.88 Å². The quantitative estimate of drug-likeness (QED) is 0.819. The number of nitrogens with two attached hydrogens (primary N) is 1. The smallest absolute Gasteiger partial charge is 0.239 e. The van der Waals surface area contributed by atoms with Crippen LogP contribution in [0.4, 0.5) is 11.5 Å². The van der Waals surface area contributed by atoms with Crippen molar-refractivity contribution >= 4 is 11.5 Å². The summed E-state index contributed by atoms with van der Waals surface area (Å²) < 4.78 is 5.65. The lowest BCUT2D eigenvalue weighted by atomic mass is 10.4. The monoisotopic (exact) mass is 233 g/mol. The Labute approximate surface area is 102 Å². The molecule has 0 radical (unpaired) electrons. The highest BCUT2D eigenvalue weighted by Gasteiger charge is 2.32. The predicted molar refractivity (Wildman–Crippen MR) is 68.1 cm³/mol. The van der Waals surface area contributed by atoms with Gasteiger partial charge in [0.1, 0.15) is 5.82 Å². The van der Waals surface area contributed by atoms with Crippen LogP contribution in [0, 0.1) is 11.8 Å². The Bertz CT molecular complexity index is 417. The van der Waals surface area contributed by atoms with Gasteiger partial charge in [-0.2, -0.15) is 4.98 Å². The number of rotatable bonds is 5. The molecule has 92 valence electrons. The number of nitrogen functional groups attached to an aromatic ring is 1. The van der Waals surface area contributed by atoms with Crippen molar-refractivity contribution in [3.05, 3.63) is 12.1 Å². The van der Waals surface area contributed by atoms with E-state index in [1.807, 2.05) is 12.1 Å². The first-order valence-electron chi connectivity index (χ1n) is 6.38. The van der Waals surface area contributed by atoms with Crippen LogP contribution >= 0.6 is 0 Å². The topological polar surface area (TPSA) is 60.2 Å². The minimum absolute atomic E-state index is 0.572. The van der Waals surface area contributed by atoms with Crippen molar-refractivity contribution < 1.29 is 4.74 Å². The molecule has 3 N–H and O–H groups in total. The van der Waals surface area contributed by atoms with E-state index in [-0.39, 0.29) is 0 Å². The molecule has 2 atom stereocenters. The summed E-state index contributed by atoms with van der Waals surface area (Å²) in [6.45, 7) is 2.99. The summed E-state index contributed by atoms with van der Waals surface area (Å²) in [5.74, 6) is 2.93. The lowest BCUT2D eigenvalue weighted by Gasteiger charge is -2.10. The molecule has 1 aromatic heterocycles. The van der Waals surface area contributed by atoms with E-state index in [9.17, 15) is 0 Å². The third-order valence-corrected chi connectivity index (χ3v) is 3.49. The van der Waals surface area contributed by atoms with Crippen LogP contribution in [-0.2, 0) is 0 Å². The zero-order valence-corrected chi connectivity index (χ0v) is 10.1. The molecular weight excluding hydrogens is 214 g/mol. The maximum atomic E-state index is 5.85. The molecule has 0 aliphatic heterocycles. The van der Waals surface area contributed by atoms with Gasteiger partial charge in [0.15, 0.2) is 0 Å². The summed E-state index contributed by atoms with van der Waals surface area (Å²) in [4.78, 5) is 4.43. The summed E-state index contributed by atoms with van der Waals surface area (Å²) in [7, 11) is 0. The molecule has 0 spiro atoms. The fourth-order valence-electron chi connectivity index (χ4n) is 1.84. The van der Waals surface area contributed by atoms with Crippen LogP contribution in [-0.4, -0.2) is 17.6 Å². The zero-order chi connectivity index (χ0) is 11.8.